The van der Waals surface area contributed by atoms with Crippen LogP contribution in [0.2, 0.25) is 15.1 Å². The number of amides is 2. The second-order valence-corrected chi connectivity index (χ2v) is 11.9. The van der Waals surface area contributed by atoms with Crippen molar-refractivity contribution in [2.45, 2.75) is 51.9 Å². The number of nitrogens with zero attached hydrogens (tertiary/aromatic N) is 2. The van der Waals surface area contributed by atoms with Crippen molar-refractivity contribution in [3.05, 3.63) is 62.6 Å². The molecule has 0 bridgehead atoms. The van der Waals surface area contributed by atoms with Crippen LogP contribution in [-0.4, -0.2) is 50.5 Å². The molecule has 0 heterocycles. The third-order valence-corrected chi connectivity index (χ3v) is 7.83. The van der Waals surface area contributed by atoms with E-state index in [1.807, 2.05) is 6.92 Å². The number of carbonyl (C=O) groups excluding carboxylic acids is 2. The molecule has 0 aliphatic rings. The molecule has 39 heavy (non-hydrogen) atoms. The van der Waals surface area contributed by atoms with Gasteiger partial charge in [-0.2, -0.15) is 13.2 Å². The van der Waals surface area contributed by atoms with Crippen molar-refractivity contribution in [1.82, 2.24) is 10.2 Å². The summed E-state index contributed by atoms with van der Waals surface area (Å²) in [5.41, 5.74) is -1.24. The molecule has 0 saturated carbocycles. The van der Waals surface area contributed by atoms with Gasteiger partial charge in [0.05, 0.1) is 22.5 Å². The van der Waals surface area contributed by atoms with Crippen LogP contribution < -0.4 is 9.62 Å². The van der Waals surface area contributed by atoms with Gasteiger partial charge in [0.15, 0.2) is 0 Å². The Morgan fingerprint density at radius 2 is 1.69 bits per heavy atom. The highest BCUT2D eigenvalue weighted by Gasteiger charge is 2.35. The zero-order valence-corrected chi connectivity index (χ0v) is 24.6. The van der Waals surface area contributed by atoms with Gasteiger partial charge in [0.25, 0.3) is 0 Å². The molecule has 216 valence electrons. The first kappa shape index (κ1) is 33.0. The molecule has 1 N–H and O–H groups in total. The quantitative estimate of drug-likeness (QED) is 0.285. The molecule has 0 aromatic heterocycles. The van der Waals surface area contributed by atoms with Crippen LogP contribution in [0.5, 0.6) is 0 Å². The maximum absolute atomic E-state index is 13.7. The number of carbonyl (C=O) groups is 2. The van der Waals surface area contributed by atoms with Crippen LogP contribution in [-0.2, 0) is 32.3 Å². The van der Waals surface area contributed by atoms with Crippen molar-refractivity contribution in [2.24, 2.45) is 0 Å². The second-order valence-electron chi connectivity index (χ2n) is 8.76. The molecule has 0 fully saturated rings. The standard InChI is InChI=1S/C25H29Cl3F3N3O4S/c1-4-6-11-32-24(36)21(5-2)33(14-16-7-9-18(26)13-20(16)28)23(35)15-34(39(3,37)38)22-12-17(25(29,30)31)8-10-19(22)27/h7-10,12-13,21H,4-6,11,14-15H2,1-3H3,(H,32,36)/t21-/m0/s1. The monoisotopic (exact) mass is 629 g/mol. The number of alkyl halides is 3. The largest absolute Gasteiger partial charge is 0.416 e. The third-order valence-electron chi connectivity index (χ3n) is 5.79. The normalized spacial score (nSPS) is 12.6. The number of anilines is 1. The van der Waals surface area contributed by atoms with Gasteiger partial charge in [0.1, 0.15) is 12.6 Å². The van der Waals surface area contributed by atoms with E-state index >= 15 is 0 Å². The fourth-order valence-electron chi connectivity index (χ4n) is 3.73. The number of benzene rings is 2. The lowest BCUT2D eigenvalue weighted by Crippen LogP contribution is -2.52. The third kappa shape index (κ3) is 9.16. The van der Waals surface area contributed by atoms with E-state index in [9.17, 15) is 31.2 Å². The fraction of sp³-hybridized carbons (Fsp3) is 0.440. The number of unbranched alkanes of at least 4 members (excludes halogenated alkanes) is 1. The van der Waals surface area contributed by atoms with E-state index in [4.69, 9.17) is 34.8 Å². The maximum Gasteiger partial charge on any atom is 0.416 e. The lowest BCUT2D eigenvalue weighted by Gasteiger charge is -2.33. The topological polar surface area (TPSA) is 86.8 Å². The van der Waals surface area contributed by atoms with Gasteiger partial charge in [-0.15, -0.1) is 0 Å². The van der Waals surface area contributed by atoms with Crippen molar-refractivity contribution < 1.29 is 31.2 Å². The molecule has 0 unspecified atom stereocenters. The molecule has 1 atom stereocenters. The zero-order valence-electron chi connectivity index (χ0n) is 21.5. The predicted octanol–water partition coefficient (Wildman–Crippen LogP) is 6.16. The number of hydrogen-bond donors (Lipinski definition) is 1. The van der Waals surface area contributed by atoms with E-state index in [-0.39, 0.29) is 23.0 Å². The molecule has 0 aliphatic heterocycles. The summed E-state index contributed by atoms with van der Waals surface area (Å²) in [5, 5.41) is 3.01. The minimum Gasteiger partial charge on any atom is -0.354 e. The van der Waals surface area contributed by atoms with Gasteiger partial charge in [-0.3, -0.25) is 13.9 Å². The van der Waals surface area contributed by atoms with E-state index in [1.165, 1.54) is 6.07 Å². The first-order chi connectivity index (χ1) is 18.1. The summed E-state index contributed by atoms with van der Waals surface area (Å²) in [6.07, 6.45) is -2.35. The first-order valence-electron chi connectivity index (χ1n) is 12.0. The highest BCUT2D eigenvalue weighted by atomic mass is 35.5. The second kappa shape index (κ2) is 13.9. The summed E-state index contributed by atoms with van der Waals surface area (Å²) in [6.45, 7) is 2.88. The van der Waals surface area contributed by atoms with Crippen LogP contribution in [0.4, 0.5) is 18.9 Å². The van der Waals surface area contributed by atoms with Crippen molar-refractivity contribution in [2.75, 3.05) is 23.7 Å². The smallest absolute Gasteiger partial charge is 0.354 e. The Kier molecular flexibility index (Phi) is 11.8. The molecule has 0 radical (unpaired) electrons. The van der Waals surface area contributed by atoms with Gasteiger partial charge in [-0.25, -0.2) is 8.42 Å². The van der Waals surface area contributed by atoms with Crippen LogP contribution in [0.3, 0.4) is 0 Å². The molecular weight excluding hydrogens is 602 g/mol. The molecule has 0 spiro atoms. The molecule has 2 amide bonds. The van der Waals surface area contributed by atoms with Gasteiger partial charge >= 0.3 is 6.18 Å². The van der Waals surface area contributed by atoms with Crippen molar-refractivity contribution in [3.8, 4) is 0 Å². The van der Waals surface area contributed by atoms with E-state index in [0.29, 0.717) is 40.0 Å². The Bertz CT molecular complexity index is 1290. The lowest BCUT2D eigenvalue weighted by molar-refractivity contribution is -0.140. The Labute approximate surface area is 241 Å². The van der Waals surface area contributed by atoms with E-state index in [0.717, 1.165) is 23.6 Å². The Morgan fingerprint density at radius 3 is 2.23 bits per heavy atom. The zero-order chi connectivity index (χ0) is 29.5. The molecular formula is C25H29Cl3F3N3O4S. The maximum atomic E-state index is 13.7. The summed E-state index contributed by atoms with van der Waals surface area (Å²) < 4.78 is 66.0. The Balaban J connectivity index is 2.55. The number of halogens is 6. The van der Waals surface area contributed by atoms with Gasteiger partial charge in [0, 0.05) is 23.1 Å². The molecule has 0 saturated heterocycles. The van der Waals surface area contributed by atoms with E-state index < -0.39 is 51.9 Å². The highest BCUT2D eigenvalue weighted by molar-refractivity contribution is 7.92. The lowest BCUT2D eigenvalue weighted by atomic mass is 10.1. The Morgan fingerprint density at radius 1 is 1.03 bits per heavy atom. The van der Waals surface area contributed by atoms with E-state index in [2.05, 4.69) is 5.32 Å². The minimum atomic E-state index is -4.78. The van der Waals surface area contributed by atoms with E-state index in [1.54, 1.807) is 19.1 Å². The average Bonchev–Trinajstić information content (AvgIpc) is 2.83. The number of nitrogens with one attached hydrogen (secondary N) is 1. The summed E-state index contributed by atoms with van der Waals surface area (Å²) >= 11 is 18.4. The van der Waals surface area contributed by atoms with Crippen LogP contribution in [0.25, 0.3) is 0 Å². The molecule has 14 heteroatoms. The highest BCUT2D eigenvalue weighted by Crippen LogP contribution is 2.36. The van der Waals surface area contributed by atoms with Crippen LogP contribution in [0, 0.1) is 0 Å². The van der Waals surface area contributed by atoms with Gasteiger partial charge < -0.3 is 10.2 Å². The molecule has 2 aromatic carbocycles. The number of sulfonamides is 1. The number of hydrogen-bond acceptors (Lipinski definition) is 4. The summed E-state index contributed by atoms with van der Waals surface area (Å²) in [5.74, 6) is -1.31. The summed E-state index contributed by atoms with van der Waals surface area (Å²) in [7, 11) is -4.30. The van der Waals surface area contributed by atoms with Crippen molar-refractivity contribution in [3.63, 3.8) is 0 Å². The average molecular weight is 631 g/mol. The molecule has 0 aliphatic carbocycles. The summed E-state index contributed by atoms with van der Waals surface area (Å²) in [4.78, 5) is 27.9. The van der Waals surface area contributed by atoms with Crippen molar-refractivity contribution >= 4 is 62.3 Å². The first-order valence-corrected chi connectivity index (χ1v) is 14.9. The van der Waals surface area contributed by atoms with Crippen LogP contribution in [0.15, 0.2) is 36.4 Å². The molecule has 2 rings (SSSR count). The van der Waals surface area contributed by atoms with Gasteiger partial charge in [-0.05, 0) is 48.7 Å². The molecule has 2 aromatic rings. The van der Waals surface area contributed by atoms with Gasteiger partial charge in [0.2, 0.25) is 21.8 Å². The van der Waals surface area contributed by atoms with Gasteiger partial charge in [-0.1, -0.05) is 61.1 Å². The number of rotatable bonds is 12. The summed E-state index contributed by atoms with van der Waals surface area (Å²) in [6, 6.07) is 5.70. The predicted molar refractivity (Wildman–Crippen MR) is 148 cm³/mol. The van der Waals surface area contributed by atoms with Crippen LogP contribution >= 0.6 is 34.8 Å². The molecule has 7 nitrogen and oxygen atoms in total. The Hall–Kier alpha value is -2.21. The van der Waals surface area contributed by atoms with Crippen molar-refractivity contribution in [1.29, 1.82) is 0 Å². The SMILES string of the molecule is CCCCNC(=O)[C@H](CC)N(Cc1ccc(Cl)cc1Cl)C(=O)CN(c1cc(C(F)(F)F)ccc1Cl)S(C)(=O)=O. The van der Waals surface area contributed by atoms with Crippen LogP contribution in [0.1, 0.15) is 44.2 Å². The fourth-order valence-corrected chi connectivity index (χ4v) is 5.33. The minimum absolute atomic E-state index is 0.165.